The van der Waals surface area contributed by atoms with Gasteiger partial charge in [-0.2, -0.15) is 13.2 Å². The smallest absolute Gasteiger partial charge is 0.380 e. The summed E-state index contributed by atoms with van der Waals surface area (Å²) in [6, 6.07) is 3.81. The summed E-state index contributed by atoms with van der Waals surface area (Å²) < 4.78 is 41.7. The number of hydrogen-bond donors (Lipinski definition) is 2. The summed E-state index contributed by atoms with van der Waals surface area (Å²) in [5.74, 6) is -0.314. The first-order valence-corrected chi connectivity index (χ1v) is 9.01. The lowest BCUT2D eigenvalue weighted by atomic mass is 10.3. The van der Waals surface area contributed by atoms with Crippen molar-refractivity contribution >= 4 is 70.6 Å². The van der Waals surface area contributed by atoms with E-state index in [1.807, 2.05) is 0 Å². The van der Waals surface area contributed by atoms with E-state index in [2.05, 4.69) is 68.1 Å². The van der Waals surface area contributed by atoms with E-state index in [4.69, 9.17) is 5.73 Å². The maximum atomic E-state index is 13.1. The molecule has 0 spiro atoms. The lowest BCUT2D eigenvalue weighted by Crippen LogP contribution is -2.19. The Kier molecular flexibility index (Phi) is 4.96. The summed E-state index contributed by atoms with van der Waals surface area (Å²) in [4.78, 5) is 13.8. The molecule has 0 aliphatic carbocycles. The number of fused-ring (bicyclic) bond motifs is 1. The Labute approximate surface area is 167 Å². The van der Waals surface area contributed by atoms with Gasteiger partial charge in [-0.1, -0.05) is 15.9 Å². The summed E-state index contributed by atoms with van der Waals surface area (Å²) in [7, 11) is 0. The molecule has 13 heteroatoms. The minimum Gasteiger partial charge on any atom is -0.380 e. The predicted octanol–water partition coefficient (Wildman–Crippen LogP) is 5.33. The number of nitrogens with one attached hydrogen (secondary N) is 1. The first-order valence-electron chi connectivity index (χ1n) is 6.63. The molecule has 1 aromatic carbocycles. The molecular formula is C13H6Br3F3N6O. The minimum absolute atomic E-state index is 0.185. The van der Waals surface area contributed by atoms with Gasteiger partial charge in [-0.3, -0.25) is 4.79 Å². The van der Waals surface area contributed by atoms with Gasteiger partial charge in [0.05, 0.1) is 0 Å². The summed E-state index contributed by atoms with van der Waals surface area (Å²) in [5, 5.41) is 11.5. The van der Waals surface area contributed by atoms with Gasteiger partial charge in [-0.25, -0.2) is 4.52 Å². The third-order valence-electron chi connectivity index (χ3n) is 3.15. The van der Waals surface area contributed by atoms with Crippen LogP contribution in [0, 0.1) is 0 Å². The Balaban J connectivity index is 2.20. The number of halogens is 6. The first kappa shape index (κ1) is 19.0. The Morgan fingerprint density at radius 2 is 1.65 bits per heavy atom. The molecule has 0 saturated heterocycles. The fourth-order valence-corrected chi connectivity index (χ4v) is 4.50. The molecule has 3 aromatic rings. The molecule has 7 nitrogen and oxygen atoms in total. The number of rotatable bonds is 2. The summed E-state index contributed by atoms with van der Waals surface area (Å²) in [6.07, 6.45) is -4.79. The molecule has 3 N–H and O–H groups in total. The number of azo groups is 1. The Bertz CT molecular complexity index is 1080. The van der Waals surface area contributed by atoms with Crippen molar-refractivity contribution in [2.24, 2.45) is 10.2 Å². The van der Waals surface area contributed by atoms with Gasteiger partial charge in [-0.15, -0.1) is 15.3 Å². The van der Waals surface area contributed by atoms with Crippen LogP contribution in [0.15, 0.2) is 46.6 Å². The van der Waals surface area contributed by atoms with Crippen molar-refractivity contribution < 1.29 is 13.2 Å². The number of benzene rings is 1. The minimum atomic E-state index is -4.79. The Morgan fingerprint density at radius 3 is 2.23 bits per heavy atom. The van der Waals surface area contributed by atoms with Gasteiger partial charge in [0, 0.05) is 19.5 Å². The molecular weight excluding hydrogens is 553 g/mol. The zero-order chi connectivity index (χ0) is 19.2. The average molecular weight is 559 g/mol. The largest absolute Gasteiger partial charge is 0.433 e. The van der Waals surface area contributed by atoms with E-state index in [0.717, 1.165) is 4.47 Å². The molecule has 3 rings (SSSR count). The van der Waals surface area contributed by atoms with E-state index in [0.29, 0.717) is 25.2 Å². The number of aromatic nitrogens is 3. The molecule has 2 heterocycles. The van der Waals surface area contributed by atoms with Crippen molar-refractivity contribution in [3.63, 3.8) is 0 Å². The molecule has 0 aliphatic rings. The van der Waals surface area contributed by atoms with E-state index >= 15 is 0 Å². The van der Waals surface area contributed by atoms with Gasteiger partial charge in [-0.05, 0) is 44.0 Å². The van der Waals surface area contributed by atoms with Crippen LogP contribution in [-0.2, 0) is 6.18 Å². The lowest BCUT2D eigenvalue weighted by molar-refractivity contribution is -0.142. The molecule has 0 fully saturated rings. The number of H-pyrrole nitrogens is 1. The summed E-state index contributed by atoms with van der Waals surface area (Å²) >= 11 is 9.92. The lowest BCUT2D eigenvalue weighted by Gasteiger charge is -2.07. The second-order valence-electron chi connectivity index (χ2n) is 4.93. The normalized spacial score (nSPS) is 12.4. The number of nitrogen functional groups attached to an aromatic ring is 1. The van der Waals surface area contributed by atoms with Crippen LogP contribution in [0.1, 0.15) is 5.69 Å². The highest BCUT2D eigenvalue weighted by Gasteiger charge is 2.35. The van der Waals surface area contributed by atoms with Crippen LogP contribution in [0.25, 0.3) is 5.65 Å². The van der Waals surface area contributed by atoms with Crippen LogP contribution in [0.5, 0.6) is 0 Å². The van der Waals surface area contributed by atoms with Gasteiger partial charge in [0.15, 0.2) is 22.8 Å². The van der Waals surface area contributed by atoms with Gasteiger partial charge in [0.25, 0.3) is 5.56 Å². The second-order valence-corrected chi connectivity index (χ2v) is 7.55. The topological polar surface area (TPSA) is 101 Å². The van der Waals surface area contributed by atoms with E-state index in [1.54, 1.807) is 12.1 Å². The van der Waals surface area contributed by atoms with Crippen molar-refractivity contribution in [2.75, 3.05) is 5.73 Å². The third-order valence-corrected chi connectivity index (χ3v) is 4.81. The number of alkyl halides is 3. The zero-order valence-corrected chi connectivity index (χ0v) is 17.0. The number of nitrogens with two attached hydrogens (primary N) is 1. The fourth-order valence-electron chi connectivity index (χ4n) is 2.08. The van der Waals surface area contributed by atoms with Crippen molar-refractivity contribution in [1.82, 2.24) is 14.6 Å². The monoisotopic (exact) mass is 556 g/mol. The highest BCUT2D eigenvalue weighted by molar-refractivity contribution is 9.11. The molecule has 26 heavy (non-hydrogen) atoms. The van der Waals surface area contributed by atoms with Crippen LogP contribution in [0.2, 0.25) is 0 Å². The van der Waals surface area contributed by atoms with Crippen molar-refractivity contribution in [3.05, 3.63) is 47.7 Å². The second kappa shape index (κ2) is 6.78. The SMILES string of the molecule is Nc1nn2c(C(F)(F)F)cc(=O)[nH]c2c1N=Nc1c(Br)cc(Br)cc1Br. The van der Waals surface area contributed by atoms with Crippen LogP contribution >= 0.6 is 47.8 Å². The van der Waals surface area contributed by atoms with Gasteiger partial charge >= 0.3 is 6.18 Å². The van der Waals surface area contributed by atoms with Crippen molar-refractivity contribution in [1.29, 1.82) is 0 Å². The molecule has 136 valence electrons. The molecule has 0 radical (unpaired) electrons. The predicted molar refractivity (Wildman–Crippen MR) is 98.9 cm³/mol. The number of aromatic amines is 1. The Morgan fingerprint density at radius 1 is 1.08 bits per heavy atom. The third kappa shape index (κ3) is 3.55. The standard InChI is InChI=1S/C13H6Br3F3N6O/c14-4-1-5(15)9(6(16)2-4)22-23-10-11(20)24-25-7(13(17,18)19)3-8(26)21-12(10)25/h1-3H,(H2,20,24)(H,21,26). The Hall–Kier alpha value is -1.73. The molecule has 0 amide bonds. The molecule has 0 bridgehead atoms. The van der Waals surface area contributed by atoms with Crippen LogP contribution in [0.4, 0.5) is 30.4 Å². The quantitative estimate of drug-likeness (QED) is 0.416. The summed E-state index contributed by atoms with van der Waals surface area (Å²) in [5.41, 5.74) is 3.32. The molecule has 0 atom stereocenters. The number of nitrogens with zero attached hydrogens (tertiary/aromatic N) is 4. The number of hydrogen-bond acceptors (Lipinski definition) is 5. The first-order chi connectivity index (χ1) is 12.1. The molecule has 0 unspecified atom stereocenters. The fraction of sp³-hybridized carbons (Fsp3) is 0.0769. The van der Waals surface area contributed by atoms with Crippen LogP contribution in [-0.4, -0.2) is 14.6 Å². The van der Waals surface area contributed by atoms with Crippen LogP contribution < -0.4 is 11.3 Å². The summed E-state index contributed by atoms with van der Waals surface area (Å²) in [6.45, 7) is 0. The molecule has 0 saturated carbocycles. The maximum absolute atomic E-state index is 13.1. The van der Waals surface area contributed by atoms with E-state index in [9.17, 15) is 18.0 Å². The van der Waals surface area contributed by atoms with Gasteiger partial charge < -0.3 is 10.7 Å². The van der Waals surface area contributed by atoms with Gasteiger partial charge in [0.1, 0.15) is 5.69 Å². The van der Waals surface area contributed by atoms with E-state index < -0.39 is 17.4 Å². The number of anilines is 1. The highest BCUT2D eigenvalue weighted by atomic mass is 79.9. The van der Waals surface area contributed by atoms with Crippen molar-refractivity contribution in [3.8, 4) is 0 Å². The van der Waals surface area contributed by atoms with Crippen LogP contribution in [0.3, 0.4) is 0 Å². The van der Waals surface area contributed by atoms with Gasteiger partial charge in [0.2, 0.25) is 0 Å². The molecule has 2 aromatic heterocycles. The van der Waals surface area contributed by atoms with E-state index in [1.165, 1.54) is 0 Å². The van der Waals surface area contributed by atoms with Crippen molar-refractivity contribution in [2.45, 2.75) is 6.18 Å². The van der Waals surface area contributed by atoms with E-state index in [-0.39, 0.29) is 17.2 Å². The maximum Gasteiger partial charge on any atom is 0.433 e. The average Bonchev–Trinajstić information content (AvgIpc) is 2.80. The highest BCUT2D eigenvalue weighted by Crippen LogP contribution is 2.39. The molecule has 0 aliphatic heterocycles. The zero-order valence-electron chi connectivity index (χ0n) is 12.3.